The number of nitrogens with zero attached hydrogens (tertiary/aromatic N) is 5. The van der Waals surface area contributed by atoms with Crippen LogP contribution in [0.5, 0.6) is 0 Å². The van der Waals surface area contributed by atoms with Crippen molar-refractivity contribution in [1.82, 2.24) is 25.3 Å². The second-order valence-corrected chi connectivity index (χ2v) is 9.06. The van der Waals surface area contributed by atoms with Crippen molar-refractivity contribution in [3.63, 3.8) is 0 Å². The maximum Gasteiger partial charge on any atom is 0.194 e. The van der Waals surface area contributed by atoms with Crippen LogP contribution in [0.2, 0.25) is 0 Å². The van der Waals surface area contributed by atoms with Crippen molar-refractivity contribution < 1.29 is 4.52 Å². The molecule has 0 amide bonds. The zero-order valence-corrected chi connectivity index (χ0v) is 21.0. The topological polar surface area (TPSA) is 69.8 Å². The first kappa shape index (κ1) is 24.1. The molecule has 1 N–H and O–H groups in total. The molecule has 0 aliphatic carbocycles. The number of aromatic nitrogens is 2. The van der Waals surface area contributed by atoms with Crippen molar-refractivity contribution in [2.45, 2.75) is 46.1 Å². The monoisotopic (exact) mass is 532 g/mol. The van der Waals surface area contributed by atoms with Crippen molar-refractivity contribution in [3.05, 3.63) is 34.1 Å². The molecule has 9 heteroatoms. The van der Waals surface area contributed by atoms with Crippen LogP contribution in [0, 0.1) is 0 Å². The Hall–Kier alpha value is -1.20. The quantitative estimate of drug-likeness (QED) is 0.350. The highest BCUT2D eigenvalue weighted by molar-refractivity contribution is 14.0. The van der Waals surface area contributed by atoms with Gasteiger partial charge in [0.15, 0.2) is 5.96 Å². The first-order valence-electron chi connectivity index (χ1n) is 10.1. The Balaban J connectivity index is 0.00000300. The van der Waals surface area contributed by atoms with Gasteiger partial charge in [-0.1, -0.05) is 25.9 Å². The molecule has 29 heavy (non-hydrogen) atoms. The fourth-order valence-electron chi connectivity index (χ4n) is 3.12. The molecule has 1 aliphatic heterocycles. The molecule has 2 aromatic heterocycles. The third-order valence-electron chi connectivity index (χ3n) is 4.79. The second kappa shape index (κ2) is 11.3. The number of guanidine groups is 1. The van der Waals surface area contributed by atoms with E-state index in [2.05, 4.69) is 53.3 Å². The van der Waals surface area contributed by atoms with Crippen molar-refractivity contribution in [2.24, 2.45) is 4.99 Å². The van der Waals surface area contributed by atoms with Crippen LogP contribution in [-0.2, 0) is 18.4 Å². The summed E-state index contributed by atoms with van der Waals surface area (Å²) in [5.41, 5.74) is 2.28. The maximum atomic E-state index is 4.93. The zero-order valence-electron chi connectivity index (χ0n) is 17.8. The predicted molar refractivity (Wildman–Crippen MR) is 129 cm³/mol. The molecule has 1 saturated heterocycles. The summed E-state index contributed by atoms with van der Waals surface area (Å²) < 4.78 is 4.93. The minimum Gasteiger partial charge on any atom is -0.364 e. The molecule has 0 spiro atoms. The highest BCUT2D eigenvalue weighted by Gasteiger charge is 2.20. The Kier molecular flexibility index (Phi) is 9.35. The van der Waals surface area contributed by atoms with E-state index < -0.39 is 0 Å². The van der Waals surface area contributed by atoms with Gasteiger partial charge >= 0.3 is 0 Å². The highest BCUT2D eigenvalue weighted by Crippen LogP contribution is 2.24. The average molecular weight is 532 g/mol. The Bertz CT molecular complexity index is 747. The lowest BCUT2D eigenvalue weighted by Gasteiger charge is -2.36. The summed E-state index contributed by atoms with van der Waals surface area (Å²) in [6.45, 7) is 15.1. The molecule has 0 bridgehead atoms. The smallest absolute Gasteiger partial charge is 0.194 e. The lowest BCUT2D eigenvalue weighted by molar-refractivity contribution is 0.169. The van der Waals surface area contributed by atoms with Crippen molar-refractivity contribution >= 4 is 41.3 Å². The lowest BCUT2D eigenvalue weighted by atomic mass is 9.93. The van der Waals surface area contributed by atoms with Gasteiger partial charge in [-0.2, -0.15) is 0 Å². The van der Waals surface area contributed by atoms with Gasteiger partial charge in [-0.05, 0) is 6.92 Å². The van der Waals surface area contributed by atoms with Crippen LogP contribution in [-0.4, -0.2) is 65.2 Å². The first-order chi connectivity index (χ1) is 13.5. The first-order valence-corrected chi connectivity index (χ1v) is 10.9. The second-order valence-electron chi connectivity index (χ2n) is 8.12. The number of rotatable bonds is 6. The van der Waals surface area contributed by atoms with Crippen LogP contribution in [0.15, 0.2) is 27.2 Å². The van der Waals surface area contributed by atoms with Gasteiger partial charge in [-0.25, -0.2) is 4.98 Å². The normalized spacial score (nSPS) is 16.0. The Morgan fingerprint density at radius 1 is 1.28 bits per heavy atom. The fourth-order valence-corrected chi connectivity index (χ4v) is 4.13. The van der Waals surface area contributed by atoms with Crippen molar-refractivity contribution in [3.8, 4) is 0 Å². The molecular formula is C20H33IN6OS. The van der Waals surface area contributed by atoms with Gasteiger partial charge in [0.05, 0.1) is 16.4 Å². The fraction of sp³-hybridized carbons (Fsp3) is 0.650. The summed E-state index contributed by atoms with van der Waals surface area (Å²) in [5.74, 6) is 1.01. The summed E-state index contributed by atoms with van der Waals surface area (Å²) in [6.07, 6.45) is 2.52. The molecule has 3 heterocycles. The molecule has 0 unspecified atom stereocenters. The van der Waals surface area contributed by atoms with Crippen LogP contribution >= 0.6 is 35.3 Å². The van der Waals surface area contributed by atoms with E-state index in [1.165, 1.54) is 10.7 Å². The molecule has 0 saturated carbocycles. The van der Waals surface area contributed by atoms with Gasteiger partial charge in [0.1, 0.15) is 6.26 Å². The third-order valence-corrected chi connectivity index (χ3v) is 5.70. The van der Waals surface area contributed by atoms with E-state index in [9.17, 15) is 0 Å². The summed E-state index contributed by atoms with van der Waals surface area (Å²) in [6, 6.07) is 1.93. The summed E-state index contributed by atoms with van der Waals surface area (Å²) in [5, 5.41) is 10.8. The lowest BCUT2D eigenvalue weighted by Crippen LogP contribution is -2.52. The van der Waals surface area contributed by atoms with Gasteiger partial charge < -0.3 is 14.7 Å². The SMILES string of the molecule is CCNC(=NCCc1nc(C(C)(C)C)cs1)N1CCN(Cc2ccon2)CC1.I. The van der Waals surface area contributed by atoms with E-state index in [0.717, 1.165) is 63.9 Å². The van der Waals surface area contributed by atoms with Gasteiger partial charge in [0.2, 0.25) is 0 Å². The standard InChI is InChI=1S/C20H32N6OS.HI/c1-5-21-19(22-8-6-18-23-17(15-28-18)20(2,3)4)26-11-9-25(10-12-26)14-16-7-13-27-24-16;/h7,13,15H,5-6,8-12,14H2,1-4H3,(H,21,22);1H. The van der Waals surface area contributed by atoms with E-state index in [0.29, 0.717) is 0 Å². The molecule has 7 nitrogen and oxygen atoms in total. The van der Waals surface area contributed by atoms with E-state index in [1.807, 2.05) is 6.07 Å². The average Bonchev–Trinajstić information content (AvgIpc) is 3.33. The summed E-state index contributed by atoms with van der Waals surface area (Å²) >= 11 is 1.74. The Morgan fingerprint density at radius 2 is 2.03 bits per heavy atom. The predicted octanol–water partition coefficient (Wildman–Crippen LogP) is 3.37. The maximum absolute atomic E-state index is 4.93. The number of nitrogens with one attached hydrogen (secondary N) is 1. The number of piperazine rings is 1. The largest absolute Gasteiger partial charge is 0.364 e. The molecule has 1 fully saturated rings. The Morgan fingerprint density at radius 3 is 2.62 bits per heavy atom. The molecule has 162 valence electrons. The number of thiazole rings is 1. The number of halogens is 1. The molecular weight excluding hydrogens is 499 g/mol. The minimum atomic E-state index is 0. The van der Waals surface area contributed by atoms with Crippen LogP contribution in [0.1, 0.15) is 44.1 Å². The van der Waals surface area contributed by atoms with Crippen LogP contribution in [0.25, 0.3) is 0 Å². The Labute approximate surface area is 195 Å². The molecule has 2 aromatic rings. The van der Waals surface area contributed by atoms with Gasteiger partial charge in [-0.3, -0.25) is 9.89 Å². The van der Waals surface area contributed by atoms with E-state index >= 15 is 0 Å². The van der Waals surface area contributed by atoms with Crippen molar-refractivity contribution in [2.75, 3.05) is 39.3 Å². The third kappa shape index (κ3) is 7.21. The molecule has 0 aromatic carbocycles. The molecule has 0 radical (unpaired) electrons. The van der Waals surface area contributed by atoms with E-state index in [-0.39, 0.29) is 29.4 Å². The van der Waals surface area contributed by atoms with Gasteiger partial charge in [0.25, 0.3) is 0 Å². The summed E-state index contributed by atoms with van der Waals surface area (Å²) in [4.78, 5) is 14.4. The molecule has 3 rings (SSSR count). The van der Waals surface area contributed by atoms with Crippen LogP contribution in [0.4, 0.5) is 0 Å². The molecule has 0 atom stereocenters. The zero-order chi connectivity index (χ0) is 20.0. The van der Waals surface area contributed by atoms with Gasteiger partial charge in [-0.15, -0.1) is 35.3 Å². The van der Waals surface area contributed by atoms with Crippen LogP contribution < -0.4 is 5.32 Å². The number of aliphatic imine (C=N–C) groups is 1. The molecule has 1 aliphatic rings. The minimum absolute atomic E-state index is 0. The van der Waals surface area contributed by atoms with Gasteiger partial charge in [0, 0.05) is 69.1 Å². The van der Waals surface area contributed by atoms with E-state index in [1.54, 1.807) is 17.6 Å². The van der Waals surface area contributed by atoms with Crippen LogP contribution in [0.3, 0.4) is 0 Å². The van der Waals surface area contributed by atoms with Crippen molar-refractivity contribution in [1.29, 1.82) is 0 Å². The number of hydrogen-bond acceptors (Lipinski definition) is 6. The highest BCUT2D eigenvalue weighted by atomic mass is 127. The van der Waals surface area contributed by atoms with E-state index in [4.69, 9.17) is 14.5 Å². The number of hydrogen-bond donors (Lipinski definition) is 1. The summed E-state index contributed by atoms with van der Waals surface area (Å²) in [7, 11) is 0.